The lowest BCUT2D eigenvalue weighted by atomic mass is 9.83. The van der Waals surface area contributed by atoms with Crippen molar-refractivity contribution in [3.05, 3.63) is 101 Å². The lowest BCUT2D eigenvalue weighted by molar-refractivity contribution is 0.541. The van der Waals surface area contributed by atoms with Crippen molar-refractivity contribution in [1.29, 1.82) is 5.26 Å². The van der Waals surface area contributed by atoms with Crippen molar-refractivity contribution in [3.8, 4) is 6.07 Å². The molecule has 0 aromatic heterocycles. The maximum absolute atomic E-state index is 13.1. The first-order chi connectivity index (χ1) is 12.9. The van der Waals surface area contributed by atoms with Crippen LogP contribution < -0.4 is 4.72 Å². The van der Waals surface area contributed by atoms with Gasteiger partial charge in [-0.15, -0.1) is 0 Å². The normalized spacial score (nSPS) is 13.5. The number of hydrogen-bond donors (Lipinski definition) is 1. The van der Waals surface area contributed by atoms with Gasteiger partial charge in [-0.25, -0.2) is 8.42 Å². The zero-order chi connectivity index (χ0) is 19.5. The summed E-state index contributed by atoms with van der Waals surface area (Å²) < 4.78 is 28.9. The Balaban J connectivity index is 2.21. The summed E-state index contributed by atoms with van der Waals surface area (Å²) in [5, 5.41) is 10.2. The summed E-state index contributed by atoms with van der Waals surface area (Å²) in [6, 6.07) is 25.0. The van der Waals surface area contributed by atoms with Gasteiger partial charge in [0.25, 0.3) is 0 Å². The Labute approximate surface area is 160 Å². The van der Waals surface area contributed by atoms with Gasteiger partial charge in [0.1, 0.15) is 0 Å². The van der Waals surface area contributed by atoms with E-state index in [1.54, 1.807) is 60.7 Å². The Morgan fingerprint density at radius 3 is 2.04 bits per heavy atom. The van der Waals surface area contributed by atoms with Gasteiger partial charge in [-0.05, 0) is 42.7 Å². The minimum absolute atomic E-state index is 0.122. The van der Waals surface area contributed by atoms with E-state index in [0.717, 1.165) is 11.1 Å². The maximum atomic E-state index is 13.1. The number of hydrogen-bond acceptors (Lipinski definition) is 3. The van der Waals surface area contributed by atoms with E-state index in [0.29, 0.717) is 11.1 Å². The molecule has 4 nitrogen and oxygen atoms in total. The molecular weight excluding hydrogens is 356 g/mol. The Bertz CT molecular complexity index is 1090. The van der Waals surface area contributed by atoms with Gasteiger partial charge in [-0.1, -0.05) is 72.3 Å². The molecule has 0 saturated heterocycles. The summed E-state index contributed by atoms with van der Waals surface area (Å²) in [7, 11) is -3.93. The first-order valence-electron chi connectivity index (χ1n) is 8.52. The summed E-state index contributed by atoms with van der Waals surface area (Å²) in [4.78, 5) is 0.122. The highest BCUT2D eigenvalue weighted by Gasteiger charge is 2.40. The standard InChI is InChI=1S/C22H20N2O2S/c1-17-12-14-20(15-13-17)27(25,26)24-22(16-23,19-9-4-3-5-10-19)21-11-7-6-8-18(21)2/h3-15,24H,1-2H3/t22-/m1/s1. The SMILES string of the molecule is Cc1ccc(S(=O)(=O)N[C@](C#N)(c2ccccc2)c2ccccc2C)cc1. The molecule has 3 rings (SSSR count). The molecule has 3 aromatic carbocycles. The van der Waals surface area contributed by atoms with Crippen LogP contribution in [0, 0.1) is 25.2 Å². The Hall–Kier alpha value is -2.94. The van der Waals surface area contributed by atoms with E-state index in [1.807, 2.05) is 32.0 Å². The summed E-state index contributed by atoms with van der Waals surface area (Å²) in [5.74, 6) is 0. The van der Waals surface area contributed by atoms with Crippen molar-refractivity contribution in [2.75, 3.05) is 0 Å². The summed E-state index contributed by atoms with van der Waals surface area (Å²) in [6.07, 6.45) is 0. The Kier molecular flexibility index (Phi) is 5.13. The van der Waals surface area contributed by atoms with Crippen molar-refractivity contribution in [3.63, 3.8) is 0 Å². The van der Waals surface area contributed by atoms with E-state index >= 15 is 0 Å². The Morgan fingerprint density at radius 2 is 1.44 bits per heavy atom. The highest BCUT2D eigenvalue weighted by molar-refractivity contribution is 7.89. The zero-order valence-electron chi connectivity index (χ0n) is 15.2. The largest absolute Gasteiger partial charge is 0.242 e. The number of rotatable bonds is 5. The lowest BCUT2D eigenvalue weighted by Crippen LogP contribution is -2.46. The van der Waals surface area contributed by atoms with E-state index < -0.39 is 15.6 Å². The molecule has 5 heteroatoms. The predicted octanol–water partition coefficient (Wildman–Crippen LogP) is 4.05. The molecule has 136 valence electrons. The monoisotopic (exact) mass is 376 g/mol. The van der Waals surface area contributed by atoms with Crippen molar-refractivity contribution >= 4 is 10.0 Å². The van der Waals surface area contributed by atoms with Crippen LogP contribution in [0.5, 0.6) is 0 Å². The van der Waals surface area contributed by atoms with Gasteiger partial charge in [0.05, 0.1) is 11.0 Å². The van der Waals surface area contributed by atoms with Gasteiger partial charge >= 0.3 is 0 Å². The molecule has 0 heterocycles. The first-order valence-corrected chi connectivity index (χ1v) is 10.0. The fraction of sp³-hybridized carbons (Fsp3) is 0.136. The molecule has 27 heavy (non-hydrogen) atoms. The molecule has 3 aromatic rings. The lowest BCUT2D eigenvalue weighted by Gasteiger charge is -2.30. The van der Waals surface area contributed by atoms with Crippen LogP contribution in [0.3, 0.4) is 0 Å². The third-order valence-corrected chi connectivity index (χ3v) is 6.01. The number of aryl methyl sites for hydroxylation is 2. The molecule has 0 aliphatic heterocycles. The van der Waals surface area contributed by atoms with Crippen LogP contribution in [0.4, 0.5) is 0 Å². The fourth-order valence-electron chi connectivity index (χ4n) is 3.08. The molecule has 0 fully saturated rings. The van der Waals surface area contributed by atoms with Crippen LogP contribution in [0.2, 0.25) is 0 Å². The molecule has 0 amide bonds. The number of nitrogens with one attached hydrogen (secondary N) is 1. The topological polar surface area (TPSA) is 70.0 Å². The van der Waals surface area contributed by atoms with Crippen LogP contribution in [0.25, 0.3) is 0 Å². The van der Waals surface area contributed by atoms with Crippen molar-refractivity contribution < 1.29 is 8.42 Å². The van der Waals surface area contributed by atoms with Crippen molar-refractivity contribution in [1.82, 2.24) is 4.72 Å². The zero-order valence-corrected chi connectivity index (χ0v) is 16.0. The minimum atomic E-state index is -3.93. The molecular formula is C22H20N2O2S. The Morgan fingerprint density at radius 1 is 0.852 bits per heavy atom. The molecule has 1 N–H and O–H groups in total. The van der Waals surface area contributed by atoms with Crippen LogP contribution in [0.15, 0.2) is 83.8 Å². The van der Waals surface area contributed by atoms with Crippen LogP contribution in [-0.2, 0) is 15.6 Å². The van der Waals surface area contributed by atoms with E-state index in [9.17, 15) is 13.7 Å². The average molecular weight is 376 g/mol. The number of sulfonamides is 1. The van der Waals surface area contributed by atoms with Gasteiger partial charge in [0, 0.05) is 0 Å². The quantitative estimate of drug-likeness (QED) is 0.730. The summed E-state index contributed by atoms with van der Waals surface area (Å²) in [5.41, 5.74) is 1.43. The van der Waals surface area contributed by atoms with Crippen LogP contribution in [0.1, 0.15) is 22.3 Å². The van der Waals surface area contributed by atoms with E-state index in [2.05, 4.69) is 10.8 Å². The molecule has 0 saturated carbocycles. The van der Waals surface area contributed by atoms with Crippen molar-refractivity contribution in [2.24, 2.45) is 0 Å². The van der Waals surface area contributed by atoms with E-state index in [1.165, 1.54) is 0 Å². The highest BCUT2D eigenvalue weighted by Crippen LogP contribution is 2.33. The predicted molar refractivity (Wildman–Crippen MR) is 106 cm³/mol. The third kappa shape index (κ3) is 3.63. The van der Waals surface area contributed by atoms with Crippen LogP contribution in [-0.4, -0.2) is 8.42 Å². The van der Waals surface area contributed by atoms with Gasteiger partial charge in [-0.3, -0.25) is 0 Å². The van der Waals surface area contributed by atoms with E-state index in [4.69, 9.17) is 0 Å². The van der Waals surface area contributed by atoms with Gasteiger partial charge in [-0.2, -0.15) is 9.98 Å². The van der Waals surface area contributed by atoms with Crippen LogP contribution >= 0.6 is 0 Å². The fourth-order valence-corrected chi connectivity index (χ4v) is 4.37. The molecule has 0 bridgehead atoms. The number of nitrogens with zero attached hydrogens (tertiary/aromatic N) is 1. The molecule has 1 atom stereocenters. The molecule has 0 radical (unpaired) electrons. The van der Waals surface area contributed by atoms with Gasteiger partial charge in [0.15, 0.2) is 5.54 Å². The third-order valence-electron chi connectivity index (χ3n) is 4.54. The minimum Gasteiger partial charge on any atom is -0.207 e. The first kappa shape index (κ1) is 18.8. The van der Waals surface area contributed by atoms with Crippen molar-refractivity contribution in [2.45, 2.75) is 24.3 Å². The maximum Gasteiger partial charge on any atom is 0.242 e. The smallest absolute Gasteiger partial charge is 0.207 e. The van der Waals surface area contributed by atoms with Gasteiger partial charge < -0.3 is 0 Å². The van der Waals surface area contributed by atoms with Gasteiger partial charge in [0.2, 0.25) is 10.0 Å². The molecule has 0 spiro atoms. The molecule has 0 aliphatic carbocycles. The second-order valence-corrected chi connectivity index (χ2v) is 8.14. The highest BCUT2D eigenvalue weighted by atomic mass is 32.2. The van der Waals surface area contributed by atoms with E-state index in [-0.39, 0.29) is 4.90 Å². The molecule has 0 aliphatic rings. The summed E-state index contributed by atoms with van der Waals surface area (Å²) >= 11 is 0. The second-order valence-electron chi connectivity index (χ2n) is 6.46. The number of nitriles is 1. The number of benzene rings is 3. The summed E-state index contributed by atoms with van der Waals surface area (Å²) in [6.45, 7) is 3.76. The second kappa shape index (κ2) is 7.36. The molecule has 0 unspecified atom stereocenters. The average Bonchev–Trinajstić information content (AvgIpc) is 2.68.